The van der Waals surface area contributed by atoms with Crippen molar-refractivity contribution in [1.82, 2.24) is 4.90 Å². The van der Waals surface area contributed by atoms with Gasteiger partial charge in [0.1, 0.15) is 0 Å². The lowest BCUT2D eigenvalue weighted by Gasteiger charge is -2.37. The summed E-state index contributed by atoms with van der Waals surface area (Å²) in [6.45, 7) is 0. The number of nitrogens with zero attached hydrogens (tertiary/aromatic N) is 1. The number of hydrogen-bond donors (Lipinski definition) is 0. The zero-order chi connectivity index (χ0) is 12.3. The maximum absolute atomic E-state index is 11.5. The summed E-state index contributed by atoms with van der Waals surface area (Å²) in [5.74, 6) is 0.153. The van der Waals surface area contributed by atoms with Crippen molar-refractivity contribution < 1.29 is 9.53 Å². The van der Waals surface area contributed by atoms with E-state index in [1.807, 2.05) is 0 Å². The summed E-state index contributed by atoms with van der Waals surface area (Å²) in [5, 5.41) is 0. The molecule has 0 aliphatic heterocycles. The minimum absolute atomic E-state index is 0.00744. The van der Waals surface area contributed by atoms with Gasteiger partial charge in [0, 0.05) is 12.1 Å². The molecule has 17 heavy (non-hydrogen) atoms. The van der Waals surface area contributed by atoms with Crippen LogP contribution in [-0.2, 0) is 9.53 Å². The Morgan fingerprint density at radius 3 is 2.06 bits per heavy atom. The standard InChI is InChI=1S/C14H25NO2/c1-15(12-5-3-4-6-12)13-9-7-11(8-10-13)14(16)17-2/h11-13H,3-10H2,1-2H3. The lowest BCUT2D eigenvalue weighted by atomic mass is 9.85. The highest BCUT2D eigenvalue weighted by molar-refractivity contribution is 5.72. The fraction of sp³-hybridized carbons (Fsp3) is 0.929. The normalized spacial score (nSPS) is 30.8. The molecule has 98 valence electrons. The van der Waals surface area contributed by atoms with Crippen molar-refractivity contribution in [3.63, 3.8) is 0 Å². The summed E-state index contributed by atoms with van der Waals surface area (Å²) in [5.41, 5.74) is 0. The second-order valence-corrected chi connectivity index (χ2v) is 5.63. The molecular formula is C14H25NO2. The molecule has 3 heteroatoms. The van der Waals surface area contributed by atoms with Gasteiger partial charge in [-0.05, 0) is 45.6 Å². The predicted octanol–water partition coefficient (Wildman–Crippen LogP) is 2.59. The minimum Gasteiger partial charge on any atom is -0.469 e. The van der Waals surface area contributed by atoms with E-state index >= 15 is 0 Å². The second kappa shape index (κ2) is 5.85. The van der Waals surface area contributed by atoms with Gasteiger partial charge in [-0.25, -0.2) is 0 Å². The number of carbonyl (C=O) groups excluding carboxylic acids is 1. The van der Waals surface area contributed by atoms with Gasteiger partial charge in [0.15, 0.2) is 0 Å². The van der Waals surface area contributed by atoms with E-state index in [0.717, 1.165) is 31.7 Å². The van der Waals surface area contributed by atoms with E-state index in [-0.39, 0.29) is 11.9 Å². The first kappa shape index (κ1) is 12.9. The molecule has 2 aliphatic rings. The van der Waals surface area contributed by atoms with Gasteiger partial charge in [0.2, 0.25) is 0 Å². The molecule has 2 aliphatic carbocycles. The van der Waals surface area contributed by atoms with Crippen LogP contribution in [0.25, 0.3) is 0 Å². The van der Waals surface area contributed by atoms with E-state index in [9.17, 15) is 4.79 Å². The van der Waals surface area contributed by atoms with Crippen LogP contribution in [0, 0.1) is 5.92 Å². The van der Waals surface area contributed by atoms with Crippen LogP contribution in [0.2, 0.25) is 0 Å². The molecule has 2 saturated carbocycles. The highest BCUT2D eigenvalue weighted by atomic mass is 16.5. The first-order valence-electron chi connectivity index (χ1n) is 7.02. The van der Waals surface area contributed by atoms with Crippen molar-refractivity contribution in [3.05, 3.63) is 0 Å². The van der Waals surface area contributed by atoms with Crippen molar-refractivity contribution in [1.29, 1.82) is 0 Å². The van der Waals surface area contributed by atoms with E-state index in [0.29, 0.717) is 6.04 Å². The highest BCUT2D eigenvalue weighted by Crippen LogP contribution is 2.32. The highest BCUT2D eigenvalue weighted by Gasteiger charge is 2.31. The molecule has 3 nitrogen and oxygen atoms in total. The van der Waals surface area contributed by atoms with E-state index in [2.05, 4.69) is 11.9 Å². The van der Waals surface area contributed by atoms with Crippen molar-refractivity contribution in [2.24, 2.45) is 5.92 Å². The lowest BCUT2D eigenvalue weighted by molar-refractivity contribution is -0.146. The first-order valence-corrected chi connectivity index (χ1v) is 7.02. The Hall–Kier alpha value is -0.570. The molecule has 0 aromatic carbocycles. The minimum atomic E-state index is -0.00744. The van der Waals surface area contributed by atoms with Gasteiger partial charge < -0.3 is 9.64 Å². The van der Waals surface area contributed by atoms with Gasteiger partial charge in [0.05, 0.1) is 13.0 Å². The smallest absolute Gasteiger partial charge is 0.308 e. The molecule has 0 spiro atoms. The SMILES string of the molecule is COC(=O)C1CCC(N(C)C2CCCC2)CC1. The molecule has 0 unspecified atom stereocenters. The first-order chi connectivity index (χ1) is 8.22. The third-order valence-electron chi connectivity index (χ3n) is 4.71. The molecule has 0 radical (unpaired) electrons. The largest absolute Gasteiger partial charge is 0.469 e. The average molecular weight is 239 g/mol. The fourth-order valence-corrected chi connectivity index (χ4v) is 3.50. The zero-order valence-corrected chi connectivity index (χ0v) is 11.2. The predicted molar refractivity (Wildman–Crippen MR) is 67.8 cm³/mol. The van der Waals surface area contributed by atoms with Gasteiger partial charge in [-0.2, -0.15) is 0 Å². The van der Waals surface area contributed by atoms with Gasteiger partial charge in [-0.15, -0.1) is 0 Å². The van der Waals surface area contributed by atoms with E-state index in [1.165, 1.54) is 32.8 Å². The maximum atomic E-state index is 11.5. The lowest BCUT2D eigenvalue weighted by Crippen LogP contribution is -2.41. The maximum Gasteiger partial charge on any atom is 0.308 e. The summed E-state index contributed by atoms with van der Waals surface area (Å²) < 4.78 is 4.83. The number of hydrogen-bond acceptors (Lipinski definition) is 3. The van der Waals surface area contributed by atoms with Crippen LogP contribution >= 0.6 is 0 Å². The summed E-state index contributed by atoms with van der Waals surface area (Å²) in [6, 6.07) is 1.49. The van der Waals surface area contributed by atoms with Crippen LogP contribution in [0.4, 0.5) is 0 Å². The Kier molecular flexibility index (Phi) is 4.43. The van der Waals surface area contributed by atoms with Gasteiger partial charge in [0.25, 0.3) is 0 Å². The van der Waals surface area contributed by atoms with Crippen LogP contribution in [0.1, 0.15) is 51.4 Å². The number of ether oxygens (including phenoxy) is 1. The Morgan fingerprint density at radius 1 is 1.00 bits per heavy atom. The molecule has 0 saturated heterocycles. The molecule has 0 N–H and O–H groups in total. The summed E-state index contributed by atoms with van der Waals surface area (Å²) in [7, 11) is 3.78. The van der Waals surface area contributed by atoms with Crippen LogP contribution in [-0.4, -0.2) is 37.1 Å². The topological polar surface area (TPSA) is 29.5 Å². The quantitative estimate of drug-likeness (QED) is 0.709. The van der Waals surface area contributed by atoms with E-state index in [1.54, 1.807) is 0 Å². The van der Waals surface area contributed by atoms with E-state index < -0.39 is 0 Å². The van der Waals surface area contributed by atoms with Crippen LogP contribution in [0.3, 0.4) is 0 Å². The number of rotatable bonds is 3. The molecule has 0 amide bonds. The monoisotopic (exact) mass is 239 g/mol. The number of carbonyl (C=O) groups is 1. The van der Waals surface area contributed by atoms with Crippen LogP contribution in [0.5, 0.6) is 0 Å². The van der Waals surface area contributed by atoms with Crippen LogP contribution in [0.15, 0.2) is 0 Å². The molecule has 0 aromatic rings. The number of methoxy groups -OCH3 is 1. The zero-order valence-electron chi connectivity index (χ0n) is 11.2. The molecule has 0 heterocycles. The second-order valence-electron chi connectivity index (χ2n) is 5.63. The molecular weight excluding hydrogens is 214 g/mol. The van der Waals surface area contributed by atoms with Crippen molar-refractivity contribution in [2.45, 2.75) is 63.5 Å². The summed E-state index contributed by atoms with van der Waals surface area (Å²) >= 11 is 0. The Balaban J connectivity index is 1.79. The molecule has 2 rings (SSSR count). The summed E-state index contributed by atoms with van der Waals surface area (Å²) in [6.07, 6.45) is 9.86. The molecule has 0 aromatic heterocycles. The Labute approximate surface area is 105 Å². The van der Waals surface area contributed by atoms with Gasteiger partial charge in [-0.3, -0.25) is 4.79 Å². The number of esters is 1. The van der Waals surface area contributed by atoms with Crippen molar-refractivity contribution >= 4 is 5.97 Å². The van der Waals surface area contributed by atoms with Gasteiger partial charge >= 0.3 is 5.97 Å². The van der Waals surface area contributed by atoms with E-state index in [4.69, 9.17) is 4.74 Å². The average Bonchev–Trinajstić information content (AvgIpc) is 2.91. The van der Waals surface area contributed by atoms with Crippen molar-refractivity contribution in [2.75, 3.05) is 14.2 Å². The van der Waals surface area contributed by atoms with Gasteiger partial charge in [-0.1, -0.05) is 12.8 Å². The summed E-state index contributed by atoms with van der Waals surface area (Å²) in [4.78, 5) is 14.0. The molecule has 2 fully saturated rings. The molecule has 0 bridgehead atoms. The van der Waals surface area contributed by atoms with Crippen LogP contribution < -0.4 is 0 Å². The Morgan fingerprint density at radius 2 is 1.53 bits per heavy atom. The molecule has 0 atom stereocenters. The Bertz CT molecular complexity index is 253. The third-order valence-corrected chi connectivity index (χ3v) is 4.71. The third kappa shape index (κ3) is 3.01. The van der Waals surface area contributed by atoms with Crippen molar-refractivity contribution in [3.8, 4) is 0 Å². The fourth-order valence-electron chi connectivity index (χ4n) is 3.50.